The smallest absolute Gasteiger partial charge is 0.226 e. The van der Waals surface area contributed by atoms with E-state index in [1.54, 1.807) is 6.33 Å². The van der Waals surface area contributed by atoms with Gasteiger partial charge in [0.1, 0.15) is 0 Å². The number of halogens is 2. The molecule has 1 atom stereocenters. The fourth-order valence-corrected chi connectivity index (χ4v) is 3.63. The van der Waals surface area contributed by atoms with Gasteiger partial charge in [0.25, 0.3) is 0 Å². The van der Waals surface area contributed by atoms with Crippen LogP contribution >= 0.6 is 34.2 Å². The second kappa shape index (κ2) is 6.81. The Kier molecular flexibility index (Phi) is 4.55. The molecular formula is C16H15ClIN5O. The van der Waals surface area contributed by atoms with E-state index in [2.05, 4.69) is 61.1 Å². The van der Waals surface area contributed by atoms with Crippen molar-refractivity contribution < 1.29 is 4.74 Å². The third-order valence-corrected chi connectivity index (χ3v) is 4.88. The summed E-state index contributed by atoms with van der Waals surface area (Å²) in [5.41, 5.74) is 2.65. The van der Waals surface area contributed by atoms with Gasteiger partial charge in [-0.3, -0.25) is 0 Å². The van der Waals surface area contributed by atoms with Crippen LogP contribution in [0.4, 0.5) is 5.82 Å². The second-order valence-corrected chi connectivity index (χ2v) is 7.25. The average molecular weight is 456 g/mol. The van der Waals surface area contributed by atoms with Crippen molar-refractivity contribution in [3.63, 3.8) is 0 Å². The predicted octanol–water partition coefficient (Wildman–Crippen LogP) is 3.66. The molecule has 0 bridgehead atoms. The summed E-state index contributed by atoms with van der Waals surface area (Å²) in [5, 5.41) is 3.55. The summed E-state index contributed by atoms with van der Waals surface area (Å²) in [6, 6.07) is 8.56. The molecule has 124 valence electrons. The van der Waals surface area contributed by atoms with Crippen LogP contribution < -0.4 is 5.32 Å². The topological polar surface area (TPSA) is 64.9 Å². The molecule has 24 heavy (non-hydrogen) atoms. The minimum absolute atomic E-state index is 0.216. The van der Waals surface area contributed by atoms with E-state index < -0.39 is 0 Å². The minimum atomic E-state index is 0.216. The summed E-state index contributed by atoms with van der Waals surface area (Å²) in [6.07, 6.45) is 2.75. The number of rotatable bonds is 4. The quantitative estimate of drug-likeness (QED) is 0.480. The minimum Gasteiger partial charge on any atom is -0.379 e. The van der Waals surface area contributed by atoms with Gasteiger partial charge in [-0.2, -0.15) is 9.97 Å². The molecule has 0 spiro atoms. The lowest BCUT2D eigenvalue weighted by atomic mass is 10.2. The van der Waals surface area contributed by atoms with Crippen LogP contribution in [-0.4, -0.2) is 32.7 Å². The number of hydrogen-bond donors (Lipinski definition) is 1. The SMILES string of the molecule is Clc1nc(NCc2cccc(I)c2)c2ncn(C3CCOC3)c2n1. The van der Waals surface area contributed by atoms with Gasteiger partial charge in [-0.15, -0.1) is 0 Å². The molecule has 1 N–H and O–H groups in total. The van der Waals surface area contributed by atoms with Crippen molar-refractivity contribution in [2.75, 3.05) is 18.5 Å². The Balaban J connectivity index is 1.65. The number of nitrogens with zero attached hydrogens (tertiary/aromatic N) is 4. The van der Waals surface area contributed by atoms with Crippen LogP contribution in [0.3, 0.4) is 0 Å². The first-order chi connectivity index (χ1) is 11.7. The number of imidazole rings is 1. The molecule has 1 aliphatic heterocycles. The first kappa shape index (κ1) is 16.0. The second-order valence-electron chi connectivity index (χ2n) is 5.67. The molecule has 1 fully saturated rings. The molecule has 0 amide bonds. The number of nitrogens with one attached hydrogen (secondary N) is 1. The maximum Gasteiger partial charge on any atom is 0.226 e. The Hall–Kier alpha value is -1.45. The molecule has 1 saturated heterocycles. The van der Waals surface area contributed by atoms with Crippen LogP contribution in [0.25, 0.3) is 11.2 Å². The summed E-state index contributed by atoms with van der Waals surface area (Å²) in [6.45, 7) is 2.10. The Morgan fingerprint density at radius 3 is 3.08 bits per heavy atom. The normalized spacial score (nSPS) is 17.5. The molecule has 1 aromatic carbocycles. The summed E-state index contributed by atoms with van der Waals surface area (Å²) >= 11 is 8.43. The van der Waals surface area contributed by atoms with E-state index in [4.69, 9.17) is 16.3 Å². The van der Waals surface area contributed by atoms with Crippen LogP contribution in [0, 0.1) is 3.57 Å². The molecule has 8 heteroatoms. The van der Waals surface area contributed by atoms with Crippen molar-refractivity contribution in [1.29, 1.82) is 0 Å². The highest BCUT2D eigenvalue weighted by Gasteiger charge is 2.22. The summed E-state index contributed by atoms with van der Waals surface area (Å²) in [5.74, 6) is 0.654. The first-order valence-corrected chi connectivity index (χ1v) is 9.12. The Morgan fingerprint density at radius 1 is 1.38 bits per heavy atom. The van der Waals surface area contributed by atoms with Gasteiger partial charge < -0.3 is 14.6 Å². The molecule has 6 nitrogen and oxygen atoms in total. The lowest BCUT2D eigenvalue weighted by molar-refractivity contribution is 0.187. The highest BCUT2D eigenvalue weighted by Crippen LogP contribution is 2.27. The maximum atomic E-state index is 6.13. The van der Waals surface area contributed by atoms with E-state index in [0.717, 1.165) is 24.2 Å². The molecule has 1 unspecified atom stereocenters. The van der Waals surface area contributed by atoms with Gasteiger partial charge in [0, 0.05) is 16.7 Å². The number of aromatic nitrogens is 4. The molecule has 0 radical (unpaired) electrons. The van der Waals surface area contributed by atoms with Gasteiger partial charge in [-0.05, 0) is 58.3 Å². The van der Waals surface area contributed by atoms with Gasteiger partial charge in [0.2, 0.25) is 5.28 Å². The van der Waals surface area contributed by atoms with Gasteiger partial charge >= 0.3 is 0 Å². The highest BCUT2D eigenvalue weighted by atomic mass is 127. The van der Waals surface area contributed by atoms with Crippen LogP contribution in [0.15, 0.2) is 30.6 Å². The van der Waals surface area contributed by atoms with Crippen LogP contribution in [0.5, 0.6) is 0 Å². The third-order valence-electron chi connectivity index (χ3n) is 4.04. The lowest BCUT2D eigenvalue weighted by Crippen LogP contribution is -2.09. The molecular weight excluding hydrogens is 441 g/mol. The zero-order valence-electron chi connectivity index (χ0n) is 12.7. The fourth-order valence-electron chi connectivity index (χ4n) is 2.85. The van der Waals surface area contributed by atoms with E-state index in [1.165, 1.54) is 9.13 Å². The molecule has 0 saturated carbocycles. The largest absolute Gasteiger partial charge is 0.379 e. The lowest BCUT2D eigenvalue weighted by Gasteiger charge is -2.11. The molecule has 0 aliphatic carbocycles. The van der Waals surface area contributed by atoms with Crippen molar-refractivity contribution in [3.05, 3.63) is 45.0 Å². The molecule has 1 aliphatic rings. The van der Waals surface area contributed by atoms with E-state index in [0.29, 0.717) is 19.0 Å². The first-order valence-electron chi connectivity index (χ1n) is 7.67. The maximum absolute atomic E-state index is 6.13. The van der Waals surface area contributed by atoms with Crippen molar-refractivity contribution in [1.82, 2.24) is 19.5 Å². The van der Waals surface area contributed by atoms with Gasteiger partial charge in [0.15, 0.2) is 17.0 Å². The van der Waals surface area contributed by atoms with Crippen LogP contribution in [-0.2, 0) is 11.3 Å². The van der Waals surface area contributed by atoms with Crippen molar-refractivity contribution in [2.45, 2.75) is 19.0 Å². The van der Waals surface area contributed by atoms with Gasteiger partial charge in [-0.25, -0.2) is 4.98 Å². The van der Waals surface area contributed by atoms with E-state index in [1.807, 2.05) is 10.6 Å². The highest BCUT2D eigenvalue weighted by molar-refractivity contribution is 14.1. The number of anilines is 1. The van der Waals surface area contributed by atoms with E-state index >= 15 is 0 Å². The van der Waals surface area contributed by atoms with Crippen molar-refractivity contribution in [2.24, 2.45) is 0 Å². The predicted molar refractivity (Wildman–Crippen MR) is 101 cm³/mol. The number of ether oxygens (including phenoxy) is 1. The van der Waals surface area contributed by atoms with Crippen LogP contribution in [0.1, 0.15) is 18.0 Å². The van der Waals surface area contributed by atoms with Crippen LogP contribution in [0.2, 0.25) is 5.28 Å². The zero-order valence-corrected chi connectivity index (χ0v) is 15.7. The molecule has 3 heterocycles. The number of hydrogen-bond acceptors (Lipinski definition) is 5. The summed E-state index contributed by atoms with van der Waals surface area (Å²) in [4.78, 5) is 13.2. The van der Waals surface area contributed by atoms with Crippen molar-refractivity contribution in [3.8, 4) is 0 Å². The molecule has 4 rings (SSSR count). The average Bonchev–Trinajstić information content (AvgIpc) is 3.21. The third kappa shape index (κ3) is 3.20. The van der Waals surface area contributed by atoms with E-state index in [9.17, 15) is 0 Å². The number of benzene rings is 1. The summed E-state index contributed by atoms with van der Waals surface area (Å²) < 4.78 is 8.70. The standard InChI is InChI=1S/C16H15ClIN5O/c17-16-21-14(19-7-10-2-1-3-11(18)6-10)13-15(22-16)23(9-20-13)12-4-5-24-8-12/h1-3,6,9,12H,4-5,7-8H2,(H,19,21,22). The Morgan fingerprint density at radius 2 is 2.29 bits per heavy atom. The molecule has 3 aromatic rings. The zero-order chi connectivity index (χ0) is 16.5. The van der Waals surface area contributed by atoms with Crippen molar-refractivity contribution >= 4 is 51.2 Å². The fraction of sp³-hybridized carbons (Fsp3) is 0.312. The van der Waals surface area contributed by atoms with Gasteiger partial charge in [-0.1, -0.05) is 12.1 Å². The molecule has 2 aromatic heterocycles. The number of fused-ring (bicyclic) bond motifs is 1. The Labute approximate surface area is 157 Å². The van der Waals surface area contributed by atoms with Gasteiger partial charge in [0.05, 0.1) is 19.0 Å². The monoisotopic (exact) mass is 455 g/mol. The summed E-state index contributed by atoms with van der Waals surface area (Å²) in [7, 11) is 0. The Bertz CT molecular complexity index is 878. The van der Waals surface area contributed by atoms with E-state index in [-0.39, 0.29) is 11.3 Å².